The molecule has 1 aliphatic carbocycles. The van der Waals surface area contributed by atoms with Crippen LogP contribution in [0, 0.1) is 17.2 Å². The predicted molar refractivity (Wildman–Crippen MR) is 108 cm³/mol. The number of nitrogens with zero attached hydrogens (tertiary/aromatic N) is 1. The first-order chi connectivity index (χ1) is 13.8. The summed E-state index contributed by atoms with van der Waals surface area (Å²) in [4.78, 5) is 37.1. The summed E-state index contributed by atoms with van der Waals surface area (Å²) < 4.78 is 5.12. The van der Waals surface area contributed by atoms with Gasteiger partial charge in [-0.25, -0.2) is 4.79 Å². The minimum atomic E-state index is -0.939. The standard InChI is InChI=1S/C21H26ClN3O4/c1-14(2)18(24-19(27)15-8-4-5-9-16(15)22)20(28)29-12-17(26)25-21(13-23)10-6-3-7-11-21/h4-5,8-9,14,18H,3,6-7,10-12H2,1-2H3,(H,24,27)(H,25,26)/t18-/m0/s1. The number of hydrogen-bond acceptors (Lipinski definition) is 5. The van der Waals surface area contributed by atoms with Gasteiger partial charge in [0, 0.05) is 0 Å². The van der Waals surface area contributed by atoms with Gasteiger partial charge in [-0.3, -0.25) is 9.59 Å². The molecule has 1 aromatic rings. The fraction of sp³-hybridized carbons (Fsp3) is 0.524. The van der Waals surface area contributed by atoms with Crippen LogP contribution in [0.2, 0.25) is 5.02 Å². The minimum Gasteiger partial charge on any atom is -0.454 e. The lowest BCUT2D eigenvalue weighted by molar-refractivity contribution is -0.151. The molecule has 1 saturated carbocycles. The number of nitriles is 1. The number of hydrogen-bond donors (Lipinski definition) is 2. The summed E-state index contributed by atoms with van der Waals surface area (Å²) in [5, 5.41) is 15.0. The van der Waals surface area contributed by atoms with Crippen LogP contribution >= 0.6 is 11.6 Å². The number of amides is 2. The van der Waals surface area contributed by atoms with Gasteiger partial charge in [0.15, 0.2) is 6.61 Å². The van der Waals surface area contributed by atoms with Crippen molar-refractivity contribution in [3.8, 4) is 6.07 Å². The quantitative estimate of drug-likeness (QED) is 0.660. The lowest BCUT2D eigenvalue weighted by atomic mass is 9.83. The van der Waals surface area contributed by atoms with Crippen molar-refractivity contribution in [3.05, 3.63) is 34.9 Å². The van der Waals surface area contributed by atoms with Crippen molar-refractivity contribution in [2.45, 2.75) is 57.5 Å². The number of carbonyl (C=O) groups is 3. The molecule has 156 valence electrons. The highest BCUT2D eigenvalue weighted by Crippen LogP contribution is 2.27. The monoisotopic (exact) mass is 419 g/mol. The fourth-order valence-electron chi connectivity index (χ4n) is 3.31. The smallest absolute Gasteiger partial charge is 0.329 e. The molecule has 1 atom stereocenters. The zero-order chi connectivity index (χ0) is 21.4. The van der Waals surface area contributed by atoms with E-state index in [0.29, 0.717) is 12.8 Å². The molecule has 0 radical (unpaired) electrons. The molecule has 0 saturated heterocycles. The fourth-order valence-corrected chi connectivity index (χ4v) is 3.53. The van der Waals surface area contributed by atoms with Gasteiger partial charge in [-0.15, -0.1) is 0 Å². The largest absolute Gasteiger partial charge is 0.454 e. The molecule has 1 aliphatic rings. The van der Waals surface area contributed by atoms with E-state index < -0.39 is 36.0 Å². The number of rotatable bonds is 7. The number of ether oxygens (including phenoxy) is 1. The van der Waals surface area contributed by atoms with Gasteiger partial charge in [0.05, 0.1) is 16.7 Å². The van der Waals surface area contributed by atoms with E-state index >= 15 is 0 Å². The van der Waals surface area contributed by atoms with E-state index in [1.54, 1.807) is 38.1 Å². The molecule has 0 bridgehead atoms. The van der Waals surface area contributed by atoms with Crippen molar-refractivity contribution in [2.75, 3.05) is 6.61 Å². The average molecular weight is 420 g/mol. The normalized spacial score (nSPS) is 16.4. The van der Waals surface area contributed by atoms with Crippen LogP contribution in [0.1, 0.15) is 56.3 Å². The Hall–Kier alpha value is -2.59. The second-order valence-electron chi connectivity index (χ2n) is 7.59. The summed E-state index contributed by atoms with van der Waals surface area (Å²) >= 11 is 6.03. The van der Waals surface area contributed by atoms with Crippen molar-refractivity contribution >= 4 is 29.4 Å². The Balaban J connectivity index is 1.94. The molecule has 29 heavy (non-hydrogen) atoms. The van der Waals surface area contributed by atoms with Crippen molar-refractivity contribution in [3.63, 3.8) is 0 Å². The summed E-state index contributed by atoms with van der Waals surface area (Å²) in [5.41, 5.74) is -0.643. The molecular formula is C21H26ClN3O4. The van der Waals surface area contributed by atoms with Crippen molar-refractivity contribution < 1.29 is 19.1 Å². The van der Waals surface area contributed by atoms with Crippen LogP contribution in [-0.2, 0) is 14.3 Å². The van der Waals surface area contributed by atoms with Crippen LogP contribution < -0.4 is 10.6 Å². The number of halogens is 1. The first kappa shape index (κ1) is 22.7. The van der Waals surface area contributed by atoms with Gasteiger partial charge >= 0.3 is 5.97 Å². The molecule has 0 aromatic heterocycles. The minimum absolute atomic E-state index is 0.249. The number of benzene rings is 1. The van der Waals surface area contributed by atoms with Gasteiger partial charge in [0.1, 0.15) is 11.6 Å². The van der Waals surface area contributed by atoms with Crippen LogP contribution in [0.25, 0.3) is 0 Å². The third-order valence-electron chi connectivity index (χ3n) is 4.97. The first-order valence-electron chi connectivity index (χ1n) is 9.72. The van der Waals surface area contributed by atoms with E-state index in [0.717, 1.165) is 19.3 Å². The van der Waals surface area contributed by atoms with Crippen molar-refractivity contribution in [1.29, 1.82) is 5.26 Å². The molecular weight excluding hydrogens is 394 g/mol. The third-order valence-corrected chi connectivity index (χ3v) is 5.30. The van der Waals surface area contributed by atoms with Gasteiger partial charge < -0.3 is 15.4 Å². The summed E-state index contributed by atoms with van der Waals surface area (Å²) in [6.07, 6.45) is 3.96. The molecule has 1 aromatic carbocycles. The summed E-state index contributed by atoms with van der Waals surface area (Å²) in [7, 11) is 0. The number of nitrogens with one attached hydrogen (secondary N) is 2. The van der Waals surface area contributed by atoms with E-state index in [-0.39, 0.29) is 16.5 Å². The predicted octanol–water partition coefficient (Wildman–Crippen LogP) is 2.98. The van der Waals surface area contributed by atoms with Gasteiger partial charge in [0.2, 0.25) is 0 Å². The molecule has 2 rings (SSSR count). The van der Waals surface area contributed by atoms with Gasteiger partial charge in [0.25, 0.3) is 11.8 Å². The lowest BCUT2D eigenvalue weighted by Gasteiger charge is -2.31. The summed E-state index contributed by atoms with van der Waals surface area (Å²) in [6, 6.07) is 7.76. The second kappa shape index (κ2) is 10.3. The Morgan fingerprint density at radius 2 is 1.86 bits per heavy atom. The maximum absolute atomic E-state index is 12.5. The molecule has 0 aliphatic heterocycles. The summed E-state index contributed by atoms with van der Waals surface area (Å²) in [5.74, 6) is -2.01. The van der Waals surface area contributed by atoms with Crippen LogP contribution in [-0.4, -0.2) is 36.0 Å². The zero-order valence-corrected chi connectivity index (χ0v) is 17.4. The third kappa shape index (κ3) is 6.20. The summed E-state index contributed by atoms with van der Waals surface area (Å²) in [6.45, 7) is 3.00. The van der Waals surface area contributed by atoms with Crippen LogP contribution in [0.4, 0.5) is 0 Å². The van der Waals surface area contributed by atoms with Crippen molar-refractivity contribution in [1.82, 2.24) is 10.6 Å². The Morgan fingerprint density at radius 3 is 2.45 bits per heavy atom. The molecule has 1 fully saturated rings. The highest BCUT2D eigenvalue weighted by molar-refractivity contribution is 6.33. The van der Waals surface area contributed by atoms with E-state index in [1.807, 2.05) is 0 Å². The Kier molecular flexibility index (Phi) is 8.03. The van der Waals surface area contributed by atoms with Crippen LogP contribution in [0.3, 0.4) is 0 Å². The molecule has 2 N–H and O–H groups in total. The highest BCUT2D eigenvalue weighted by Gasteiger charge is 2.34. The SMILES string of the molecule is CC(C)[C@H](NC(=O)c1ccccc1Cl)C(=O)OCC(=O)NC1(C#N)CCCCC1. The van der Waals surface area contributed by atoms with Gasteiger partial charge in [-0.05, 0) is 30.9 Å². The molecule has 0 heterocycles. The van der Waals surface area contributed by atoms with Crippen molar-refractivity contribution in [2.24, 2.45) is 5.92 Å². The molecule has 8 heteroatoms. The number of esters is 1. The van der Waals surface area contributed by atoms with Gasteiger partial charge in [-0.2, -0.15) is 5.26 Å². The molecule has 0 unspecified atom stereocenters. The first-order valence-corrected chi connectivity index (χ1v) is 10.1. The average Bonchev–Trinajstić information content (AvgIpc) is 2.70. The van der Waals surface area contributed by atoms with E-state index in [9.17, 15) is 19.6 Å². The topological polar surface area (TPSA) is 108 Å². The van der Waals surface area contributed by atoms with Crippen LogP contribution in [0.15, 0.2) is 24.3 Å². The molecule has 7 nitrogen and oxygen atoms in total. The second-order valence-corrected chi connectivity index (χ2v) is 7.99. The highest BCUT2D eigenvalue weighted by atomic mass is 35.5. The van der Waals surface area contributed by atoms with E-state index in [1.165, 1.54) is 0 Å². The molecule has 0 spiro atoms. The Labute approximate surface area is 175 Å². The Bertz CT molecular complexity index is 797. The maximum Gasteiger partial charge on any atom is 0.329 e. The number of carbonyl (C=O) groups excluding carboxylic acids is 3. The van der Waals surface area contributed by atoms with E-state index in [2.05, 4.69) is 16.7 Å². The molecule has 2 amide bonds. The van der Waals surface area contributed by atoms with Gasteiger partial charge in [-0.1, -0.05) is 56.8 Å². The Morgan fingerprint density at radius 1 is 1.21 bits per heavy atom. The lowest BCUT2D eigenvalue weighted by Crippen LogP contribution is -2.51. The maximum atomic E-state index is 12.5. The van der Waals surface area contributed by atoms with Crippen LogP contribution in [0.5, 0.6) is 0 Å². The zero-order valence-electron chi connectivity index (χ0n) is 16.7. The van der Waals surface area contributed by atoms with E-state index in [4.69, 9.17) is 16.3 Å².